The zero-order valence-electron chi connectivity index (χ0n) is 11.9. The first-order valence-corrected chi connectivity index (χ1v) is 7.12. The number of benzene rings is 2. The zero-order chi connectivity index (χ0) is 14.8. The summed E-state index contributed by atoms with van der Waals surface area (Å²) in [6.07, 6.45) is 0.907. The molecule has 3 aromatic rings. The number of fused-ring (bicyclic) bond motifs is 1. The predicted molar refractivity (Wildman–Crippen MR) is 84.6 cm³/mol. The molecular formula is C18H17NO2. The summed E-state index contributed by atoms with van der Waals surface area (Å²) in [6.45, 7) is 2.77. The Kier molecular flexibility index (Phi) is 3.48. The van der Waals surface area contributed by atoms with Crippen LogP contribution in [0.25, 0.3) is 22.0 Å². The van der Waals surface area contributed by atoms with Gasteiger partial charge < -0.3 is 9.67 Å². The van der Waals surface area contributed by atoms with Crippen molar-refractivity contribution in [3.63, 3.8) is 0 Å². The smallest absolute Gasteiger partial charge is 0.352 e. The van der Waals surface area contributed by atoms with Crippen LogP contribution in [0.2, 0.25) is 0 Å². The van der Waals surface area contributed by atoms with Crippen molar-refractivity contribution in [1.29, 1.82) is 0 Å². The first kappa shape index (κ1) is 13.4. The van der Waals surface area contributed by atoms with E-state index in [1.165, 1.54) is 0 Å². The maximum atomic E-state index is 11.4. The number of rotatable bonds is 4. The second-order valence-corrected chi connectivity index (χ2v) is 5.13. The van der Waals surface area contributed by atoms with Gasteiger partial charge >= 0.3 is 5.97 Å². The average molecular weight is 279 g/mol. The van der Waals surface area contributed by atoms with E-state index in [0.717, 1.165) is 35.0 Å². The maximum Gasteiger partial charge on any atom is 0.352 e. The molecule has 0 saturated heterocycles. The van der Waals surface area contributed by atoms with Crippen molar-refractivity contribution in [2.24, 2.45) is 0 Å². The fourth-order valence-electron chi connectivity index (χ4n) is 2.72. The summed E-state index contributed by atoms with van der Waals surface area (Å²) < 4.78 is 1.88. The van der Waals surface area contributed by atoms with Crippen LogP contribution in [0.3, 0.4) is 0 Å². The number of carboxylic acid groups (broad SMARTS) is 1. The molecule has 3 nitrogen and oxygen atoms in total. The number of hydrogen-bond acceptors (Lipinski definition) is 1. The van der Waals surface area contributed by atoms with Gasteiger partial charge in [0.1, 0.15) is 5.69 Å². The molecule has 3 rings (SSSR count). The minimum absolute atomic E-state index is 0.358. The van der Waals surface area contributed by atoms with E-state index in [2.05, 4.69) is 31.2 Å². The topological polar surface area (TPSA) is 42.2 Å². The van der Waals surface area contributed by atoms with E-state index in [-0.39, 0.29) is 0 Å². The van der Waals surface area contributed by atoms with Gasteiger partial charge in [-0.3, -0.25) is 0 Å². The fraction of sp³-hybridized carbons (Fsp3) is 0.167. The van der Waals surface area contributed by atoms with Crippen LogP contribution in [0.1, 0.15) is 23.8 Å². The summed E-state index contributed by atoms with van der Waals surface area (Å²) in [7, 11) is 0. The van der Waals surface area contributed by atoms with Crippen molar-refractivity contribution in [2.75, 3.05) is 0 Å². The van der Waals surface area contributed by atoms with Crippen molar-refractivity contribution in [2.45, 2.75) is 19.9 Å². The van der Waals surface area contributed by atoms with Crippen molar-refractivity contribution in [3.05, 3.63) is 60.3 Å². The summed E-state index contributed by atoms with van der Waals surface area (Å²) in [5.74, 6) is -0.874. The highest BCUT2D eigenvalue weighted by Gasteiger charge is 2.14. The molecule has 0 aliphatic heterocycles. The third-order valence-electron chi connectivity index (χ3n) is 3.67. The van der Waals surface area contributed by atoms with E-state index in [0.29, 0.717) is 5.69 Å². The Labute approximate surface area is 123 Å². The summed E-state index contributed by atoms with van der Waals surface area (Å²) >= 11 is 0. The standard InChI is InChI=1S/C18H17NO2/c1-2-10-19-16-9-8-14(13-6-4-3-5-7-13)11-15(16)12-17(19)18(20)21/h3-9,11-12H,2,10H2,1H3,(H,20,21). The van der Waals surface area contributed by atoms with E-state index < -0.39 is 5.97 Å². The first-order valence-electron chi connectivity index (χ1n) is 7.12. The third kappa shape index (κ3) is 2.42. The van der Waals surface area contributed by atoms with Gasteiger partial charge in [-0.05, 0) is 35.7 Å². The van der Waals surface area contributed by atoms with Gasteiger partial charge in [0.15, 0.2) is 0 Å². The lowest BCUT2D eigenvalue weighted by molar-refractivity contribution is 0.0685. The molecule has 0 bridgehead atoms. The SMILES string of the molecule is CCCn1c(C(=O)O)cc2cc(-c3ccccc3)ccc21. The Morgan fingerprint density at radius 2 is 1.81 bits per heavy atom. The summed E-state index contributed by atoms with van der Waals surface area (Å²) in [5.41, 5.74) is 3.58. The maximum absolute atomic E-state index is 11.4. The Morgan fingerprint density at radius 1 is 1.05 bits per heavy atom. The van der Waals surface area contributed by atoms with E-state index >= 15 is 0 Å². The van der Waals surface area contributed by atoms with Crippen molar-refractivity contribution in [3.8, 4) is 11.1 Å². The third-order valence-corrected chi connectivity index (χ3v) is 3.67. The molecule has 0 aliphatic rings. The van der Waals surface area contributed by atoms with Crippen LogP contribution >= 0.6 is 0 Å². The van der Waals surface area contributed by atoms with Gasteiger partial charge in [-0.1, -0.05) is 43.3 Å². The molecule has 1 N–H and O–H groups in total. The first-order chi connectivity index (χ1) is 10.2. The molecule has 106 valence electrons. The van der Waals surface area contributed by atoms with Crippen LogP contribution in [0.15, 0.2) is 54.6 Å². The van der Waals surface area contributed by atoms with Gasteiger partial charge in [0.2, 0.25) is 0 Å². The number of nitrogens with zero attached hydrogens (tertiary/aromatic N) is 1. The quantitative estimate of drug-likeness (QED) is 0.768. The van der Waals surface area contributed by atoms with Gasteiger partial charge in [-0.15, -0.1) is 0 Å². The van der Waals surface area contributed by atoms with Crippen molar-refractivity contribution >= 4 is 16.9 Å². The Bertz CT molecular complexity index is 788. The number of carbonyl (C=O) groups is 1. The molecule has 0 aliphatic carbocycles. The van der Waals surface area contributed by atoms with Gasteiger partial charge in [0.05, 0.1) is 0 Å². The van der Waals surface area contributed by atoms with Crippen LogP contribution in [-0.2, 0) is 6.54 Å². The van der Waals surface area contributed by atoms with E-state index in [1.54, 1.807) is 6.07 Å². The molecule has 0 fully saturated rings. The molecule has 3 heteroatoms. The lowest BCUT2D eigenvalue weighted by atomic mass is 10.0. The number of aromatic carboxylic acids is 1. The van der Waals surface area contributed by atoms with Gasteiger partial charge in [0, 0.05) is 17.4 Å². The molecular weight excluding hydrogens is 262 g/mol. The second-order valence-electron chi connectivity index (χ2n) is 5.13. The van der Waals surface area contributed by atoms with Crippen LogP contribution < -0.4 is 0 Å². The van der Waals surface area contributed by atoms with Crippen LogP contribution in [0, 0.1) is 0 Å². The Morgan fingerprint density at radius 3 is 2.48 bits per heavy atom. The molecule has 0 atom stereocenters. The second kappa shape index (κ2) is 5.44. The molecule has 21 heavy (non-hydrogen) atoms. The molecule has 0 amide bonds. The van der Waals surface area contributed by atoms with Crippen molar-refractivity contribution in [1.82, 2.24) is 4.57 Å². The van der Waals surface area contributed by atoms with E-state index in [9.17, 15) is 9.90 Å². The number of carboxylic acids is 1. The summed E-state index contributed by atoms with van der Waals surface area (Å²) in [5, 5.41) is 10.3. The highest BCUT2D eigenvalue weighted by molar-refractivity contribution is 5.96. The lowest BCUT2D eigenvalue weighted by Crippen LogP contribution is -2.07. The normalized spacial score (nSPS) is 10.9. The summed E-state index contributed by atoms with van der Waals surface area (Å²) in [6, 6.07) is 18.0. The molecule has 0 radical (unpaired) electrons. The van der Waals surface area contributed by atoms with Crippen LogP contribution in [0.4, 0.5) is 0 Å². The highest BCUT2D eigenvalue weighted by Crippen LogP contribution is 2.27. The Balaban J connectivity index is 2.17. The van der Waals surface area contributed by atoms with Gasteiger partial charge in [-0.25, -0.2) is 4.79 Å². The Hall–Kier alpha value is -2.55. The molecule has 1 heterocycles. The summed E-state index contributed by atoms with van der Waals surface area (Å²) in [4.78, 5) is 11.4. The minimum Gasteiger partial charge on any atom is -0.477 e. The zero-order valence-corrected chi connectivity index (χ0v) is 11.9. The molecule has 1 aromatic heterocycles. The number of hydrogen-bond donors (Lipinski definition) is 1. The number of aryl methyl sites for hydroxylation is 1. The van der Waals surface area contributed by atoms with Gasteiger partial charge in [-0.2, -0.15) is 0 Å². The monoisotopic (exact) mass is 279 g/mol. The highest BCUT2D eigenvalue weighted by atomic mass is 16.4. The minimum atomic E-state index is -0.874. The lowest BCUT2D eigenvalue weighted by Gasteiger charge is -2.07. The molecule has 0 spiro atoms. The van der Waals surface area contributed by atoms with Crippen molar-refractivity contribution < 1.29 is 9.90 Å². The average Bonchev–Trinajstić information content (AvgIpc) is 2.87. The molecule has 2 aromatic carbocycles. The van der Waals surface area contributed by atoms with Crippen LogP contribution in [-0.4, -0.2) is 15.6 Å². The largest absolute Gasteiger partial charge is 0.477 e. The van der Waals surface area contributed by atoms with E-state index in [1.807, 2.05) is 28.8 Å². The van der Waals surface area contributed by atoms with Crippen LogP contribution in [0.5, 0.6) is 0 Å². The number of aromatic nitrogens is 1. The molecule has 0 saturated carbocycles. The predicted octanol–water partition coefficient (Wildman–Crippen LogP) is 4.42. The van der Waals surface area contributed by atoms with Gasteiger partial charge in [0.25, 0.3) is 0 Å². The fourth-order valence-corrected chi connectivity index (χ4v) is 2.72. The molecule has 0 unspecified atom stereocenters. The van der Waals surface area contributed by atoms with E-state index in [4.69, 9.17) is 0 Å².